The molecule has 1 heterocycles. The molecule has 25 heavy (non-hydrogen) atoms. The Morgan fingerprint density at radius 2 is 1.60 bits per heavy atom. The summed E-state index contributed by atoms with van der Waals surface area (Å²) in [5.41, 5.74) is 0.00912. The number of carbonyl (C=O) groups is 1. The van der Waals surface area contributed by atoms with E-state index in [9.17, 15) is 4.79 Å². The molecule has 0 spiro atoms. The Morgan fingerprint density at radius 3 is 1.84 bits per heavy atom. The van der Waals surface area contributed by atoms with Crippen LogP contribution >= 0.6 is 0 Å². The summed E-state index contributed by atoms with van der Waals surface area (Å²) in [4.78, 5) is 10.2. The van der Waals surface area contributed by atoms with Crippen LogP contribution in [0.3, 0.4) is 0 Å². The number of nitrogens with one attached hydrogen (secondary N) is 1. The number of rotatable bonds is 4. The smallest absolute Gasteiger partial charge is 0.245 e. The number of hydrogen-bond acceptors (Lipinski definition) is 5. The van der Waals surface area contributed by atoms with E-state index < -0.39 is 0 Å². The fourth-order valence-electron chi connectivity index (χ4n) is 1.55. The monoisotopic (exact) mass is 363 g/mol. The van der Waals surface area contributed by atoms with E-state index in [1.54, 1.807) is 14.2 Å². The maximum atomic E-state index is 10.2. The standard InChI is InChI=1S/C10H20O2.C5H12O.C4H9NO2/c1-8-5-6-9(12-8)7-11-10(2,3)4;1-5(2,3)6-4;1-5-4(6)3-7-2/h8-9H,5-7H2,1-4H3;1-4H3;3H2,1-2H3,(H,5,6)/t8-,9-;;/m0../s1. The Hall–Kier alpha value is -0.690. The number of amides is 1. The summed E-state index contributed by atoms with van der Waals surface area (Å²) >= 11 is 0. The summed E-state index contributed by atoms with van der Waals surface area (Å²) in [5.74, 6) is -0.0949. The first-order valence-corrected chi connectivity index (χ1v) is 8.88. The van der Waals surface area contributed by atoms with E-state index in [1.165, 1.54) is 13.5 Å². The molecule has 6 heteroatoms. The van der Waals surface area contributed by atoms with Crippen molar-refractivity contribution in [1.29, 1.82) is 0 Å². The van der Waals surface area contributed by atoms with Crippen molar-refractivity contribution < 1.29 is 23.7 Å². The van der Waals surface area contributed by atoms with Gasteiger partial charge >= 0.3 is 0 Å². The number of likely N-dealkylation sites (N-methyl/N-ethyl adjacent to an activating group) is 1. The molecule has 0 aliphatic carbocycles. The van der Waals surface area contributed by atoms with Gasteiger partial charge in [0, 0.05) is 21.3 Å². The Morgan fingerprint density at radius 1 is 1.08 bits per heavy atom. The van der Waals surface area contributed by atoms with Gasteiger partial charge in [0.05, 0.1) is 30.0 Å². The predicted octanol–water partition coefficient (Wildman–Crippen LogP) is 3.18. The third-order valence-electron chi connectivity index (χ3n) is 3.19. The average molecular weight is 364 g/mol. The molecule has 0 saturated carbocycles. The molecule has 152 valence electrons. The number of ether oxygens (including phenoxy) is 4. The molecular formula is C19H41NO5. The summed E-state index contributed by atoms with van der Waals surface area (Å²) in [7, 11) is 4.76. The topological polar surface area (TPSA) is 66.0 Å². The largest absolute Gasteiger partial charge is 0.379 e. The molecule has 0 aromatic rings. The Bertz CT molecular complexity index is 334. The molecule has 6 nitrogen and oxygen atoms in total. The number of hydrogen-bond donors (Lipinski definition) is 1. The maximum absolute atomic E-state index is 10.2. The van der Waals surface area contributed by atoms with Gasteiger partial charge in [-0.3, -0.25) is 4.79 Å². The number of methoxy groups -OCH3 is 2. The van der Waals surface area contributed by atoms with Crippen LogP contribution in [0.4, 0.5) is 0 Å². The normalized spacial score (nSPS) is 20.1. The average Bonchev–Trinajstić information content (AvgIpc) is 2.91. The fourth-order valence-corrected chi connectivity index (χ4v) is 1.55. The van der Waals surface area contributed by atoms with Gasteiger partial charge < -0.3 is 24.3 Å². The van der Waals surface area contributed by atoms with Crippen LogP contribution in [0.15, 0.2) is 0 Å². The first-order valence-electron chi connectivity index (χ1n) is 8.88. The van der Waals surface area contributed by atoms with Crippen molar-refractivity contribution in [2.24, 2.45) is 0 Å². The van der Waals surface area contributed by atoms with E-state index in [0.717, 1.165) is 13.0 Å². The summed E-state index contributed by atoms with van der Waals surface area (Å²) in [6.07, 6.45) is 3.09. The molecule has 1 rings (SSSR count). The van der Waals surface area contributed by atoms with Gasteiger partial charge in [-0.05, 0) is 61.3 Å². The van der Waals surface area contributed by atoms with Crippen molar-refractivity contribution >= 4 is 5.91 Å². The minimum atomic E-state index is -0.0949. The van der Waals surface area contributed by atoms with Gasteiger partial charge in [0.15, 0.2) is 0 Å². The van der Waals surface area contributed by atoms with E-state index in [4.69, 9.17) is 14.2 Å². The Balaban J connectivity index is 0. The van der Waals surface area contributed by atoms with E-state index in [-0.39, 0.29) is 23.7 Å². The highest BCUT2D eigenvalue weighted by Gasteiger charge is 2.23. The molecule has 1 N–H and O–H groups in total. The maximum Gasteiger partial charge on any atom is 0.245 e. The molecule has 1 fully saturated rings. The van der Waals surface area contributed by atoms with Crippen molar-refractivity contribution in [3.63, 3.8) is 0 Å². The minimum Gasteiger partial charge on any atom is -0.379 e. The highest BCUT2D eigenvalue weighted by atomic mass is 16.6. The molecule has 0 radical (unpaired) electrons. The third kappa shape index (κ3) is 21.3. The highest BCUT2D eigenvalue weighted by Crippen LogP contribution is 2.20. The van der Waals surface area contributed by atoms with Crippen LogP contribution in [0.5, 0.6) is 0 Å². The van der Waals surface area contributed by atoms with Crippen LogP contribution < -0.4 is 5.32 Å². The van der Waals surface area contributed by atoms with Crippen LogP contribution in [-0.2, 0) is 23.7 Å². The van der Waals surface area contributed by atoms with E-state index in [1.807, 2.05) is 20.8 Å². The van der Waals surface area contributed by atoms with Gasteiger partial charge in [0.2, 0.25) is 5.91 Å². The van der Waals surface area contributed by atoms with Gasteiger partial charge in [-0.1, -0.05) is 0 Å². The zero-order chi connectivity index (χ0) is 20.1. The first kappa shape index (κ1) is 26.5. The molecule has 0 aromatic heterocycles. The Labute approximate surface area is 154 Å². The van der Waals surface area contributed by atoms with Crippen LogP contribution in [0.2, 0.25) is 0 Å². The second-order valence-corrected chi connectivity index (χ2v) is 7.99. The van der Waals surface area contributed by atoms with Gasteiger partial charge in [0.1, 0.15) is 6.61 Å². The molecule has 2 atom stereocenters. The second-order valence-electron chi connectivity index (χ2n) is 7.99. The van der Waals surface area contributed by atoms with E-state index >= 15 is 0 Å². The van der Waals surface area contributed by atoms with Crippen molar-refractivity contribution in [1.82, 2.24) is 5.32 Å². The molecule has 1 saturated heterocycles. The molecular weight excluding hydrogens is 322 g/mol. The van der Waals surface area contributed by atoms with Crippen molar-refractivity contribution in [2.75, 3.05) is 34.5 Å². The van der Waals surface area contributed by atoms with E-state index in [2.05, 4.69) is 37.7 Å². The fraction of sp³-hybridized carbons (Fsp3) is 0.947. The second kappa shape index (κ2) is 13.5. The van der Waals surface area contributed by atoms with Gasteiger partial charge in [-0.15, -0.1) is 0 Å². The van der Waals surface area contributed by atoms with Crippen LogP contribution in [0.25, 0.3) is 0 Å². The van der Waals surface area contributed by atoms with Crippen molar-refractivity contribution in [3.05, 3.63) is 0 Å². The number of carbonyl (C=O) groups excluding carboxylic acids is 1. The SMILES string of the molecule is CNC(=O)COC.COC(C)(C)C.C[C@H]1CC[C@@H](COC(C)(C)C)O1. The summed E-state index contributed by atoms with van der Waals surface area (Å²) in [6.45, 7) is 15.3. The predicted molar refractivity (Wildman–Crippen MR) is 102 cm³/mol. The van der Waals surface area contributed by atoms with Gasteiger partial charge in [-0.25, -0.2) is 0 Å². The zero-order valence-electron chi connectivity index (χ0n) is 18.0. The summed E-state index contributed by atoms with van der Waals surface area (Å²) in [5, 5.41) is 2.40. The van der Waals surface area contributed by atoms with Crippen molar-refractivity contribution in [3.8, 4) is 0 Å². The molecule has 0 bridgehead atoms. The van der Waals surface area contributed by atoms with Crippen molar-refractivity contribution in [2.45, 2.75) is 84.7 Å². The van der Waals surface area contributed by atoms with Crippen LogP contribution in [0.1, 0.15) is 61.3 Å². The summed E-state index contributed by atoms with van der Waals surface area (Å²) < 4.78 is 20.7. The quantitative estimate of drug-likeness (QED) is 0.831. The minimum absolute atomic E-state index is 0.0326. The summed E-state index contributed by atoms with van der Waals surface area (Å²) in [6, 6.07) is 0. The van der Waals surface area contributed by atoms with Crippen LogP contribution in [0, 0.1) is 0 Å². The lowest BCUT2D eigenvalue weighted by atomic mass is 10.2. The third-order valence-corrected chi connectivity index (χ3v) is 3.19. The zero-order valence-corrected chi connectivity index (χ0v) is 18.0. The molecule has 1 aliphatic rings. The lowest BCUT2D eigenvalue weighted by molar-refractivity contribution is -0.124. The lowest BCUT2D eigenvalue weighted by Crippen LogP contribution is -2.26. The molecule has 1 amide bonds. The molecule has 1 aliphatic heterocycles. The van der Waals surface area contributed by atoms with Gasteiger partial charge in [-0.2, -0.15) is 0 Å². The van der Waals surface area contributed by atoms with E-state index in [0.29, 0.717) is 12.2 Å². The first-order chi connectivity index (χ1) is 11.3. The molecule has 0 unspecified atom stereocenters. The molecule has 0 aromatic carbocycles. The highest BCUT2D eigenvalue weighted by molar-refractivity contribution is 5.76. The lowest BCUT2D eigenvalue weighted by Gasteiger charge is -2.22. The van der Waals surface area contributed by atoms with Crippen LogP contribution in [-0.4, -0.2) is 63.8 Å². The van der Waals surface area contributed by atoms with Gasteiger partial charge in [0.25, 0.3) is 0 Å². The Kier molecular flexibility index (Phi) is 14.3.